The van der Waals surface area contributed by atoms with E-state index in [0.717, 1.165) is 11.1 Å². The topological polar surface area (TPSA) is 77.7 Å². The molecule has 1 saturated heterocycles. The highest BCUT2D eigenvalue weighted by atomic mass is 16.5. The van der Waals surface area contributed by atoms with Crippen LogP contribution in [0, 0.1) is 6.92 Å². The van der Waals surface area contributed by atoms with Crippen molar-refractivity contribution in [1.29, 1.82) is 0 Å². The summed E-state index contributed by atoms with van der Waals surface area (Å²) in [6, 6.07) is 15.2. The third-order valence-electron chi connectivity index (χ3n) is 4.54. The van der Waals surface area contributed by atoms with Crippen LogP contribution in [0.4, 0.5) is 0 Å². The number of amides is 1. The maximum Gasteiger partial charge on any atom is 0.260 e. The van der Waals surface area contributed by atoms with E-state index < -0.39 is 0 Å². The molecule has 3 aromatic rings. The van der Waals surface area contributed by atoms with Gasteiger partial charge in [0, 0.05) is 24.2 Å². The van der Waals surface area contributed by atoms with E-state index >= 15 is 0 Å². The summed E-state index contributed by atoms with van der Waals surface area (Å²) < 4.78 is 16.3. The van der Waals surface area contributed by atoms with Gasteiger partial charge in [-0.25, -0.2) is 0 Å². The number of ether oxygens (including phenoxy) is 2. The van der Waals surface area contributed by atoms with Gasteiger partial charge in [-0.05, 0) is 31.2 Å². The zero-order chi connectivity index (χ0) is 19.3. The van der Waals surface area contributed by atoms with Crippen LogP contribution in [0.1, 0.15) is 5.56 Å². The number of hydrogen-bond donors (Lipinski definition) is 0. The van der Waals surface area contributed by atoms with Crippen LogP contribution < -0.4 is 4.74 Å². The van der Waals surface area contributed by atoms with Crippen molar-refractivity contribution in [3.05, 3.63) is 54.1 Å². The third kappa shape index (κ3) is 4.20. The molecule has 7 nitrogen and oxygen atoms in total. The number of hydrogen-bond acceptors (Lipinski definition) is 6. The number of nitrogens with zero attached hydrogens (tertiary/aromatic N) is 3. The van der Waals surface area contributed by atoms with Crippen LogP contribution in [-0.2, 0) is 9.53 Å². The number of carbonyl (C=O) groups is 1. The molecule has 0 N–H and O–H groups in total. The Hall–Kier alpha value is -3.19. The maximum atomic E-state index is 12.2. The lowest BCUT2D eigenvalue weighted by atomic mass is 10.1. The molecular weight excluding hydrogens is 358 g/mol. The minimum atomic E-state index is -0.0464. The molecule has 0 bridgehead atoms. The molecule has 0 spiro atoms. The van der Waals surface area contributed by atoms with Crippen molar-refractivity contribution in [1.82, 2.24) is 15.0 Å². The Labute approximate surface area is 162 Å². The molecule has 1 aliphatic rings. The van der Waals surface area contributed by atoms with E-state index in [1.807, 2.05) is 43.3 Å². The molecule has 0 aliphatic carbocycles. The van der Waals surface area contributed by atoms with Crippen LogP contribution in [0.3, 0.4) is 0 Å². The SMILES string of the molecule is Cc1ccc(-c2nc(-c3cccc(OCC(=O)N4CCOCC4)c3)no2)cc1. The molecule has 1 aliphatic heterocycles. The average Bonchev–Trinajstić information content (AvgIpc) is 3.24. The normalized spacial score (nSPS) is 14.1. The number of aromatic nitrogens is 2. The second kappa shape index (κ2) is 8.22. The highest BCUT2D eigenvalue weighted by Gasteiger charge is 2.17. The summed E-state index contributed by atoms with van der Waals surface area (Å²) in [6.45, 7) is 4.37. The predicted molar refractivity (Wildman–Crippen MR) is 103 cm³/mol. The fourth-order valence-electron chi connectivity index (χ4n) is 2.93. The van der Waals surface area contributed by atoms with Crippen LogP contribution >= 0.6 is 0 Å². The number of aryl methyl sites for hydroxylation is 1. The standard InChI is InChI=1S/C21H21N3O4/c1-15-5-7-16(8-6-15)21-22-20(23-28-21)17-3-2-4-18(13-17)27-14-19(25)24-9-11-26-12-10-24/h2-8,13H,9-12,14H2,1H3. The zero-order valence-electron chi connectivity index (χ0n) is 15.6. The molecule has 1 fully saturated rings. The van der Waals surface area contributed by atoms with Gasteiger partial charge in [0.05, 0.1) is 13.2 Å². The monoisotopic (exact) mass is 379 g/mol. The van der Waals surface area contributed by atoms with Gasteiger partial charge in [0.25, 0.3) is 11.8 Å². The molecule has 0 atom stereocenters. The minimum Gasteiger partial charge on any atom is -0.484 e. The Morgan fingerprint density at radius 1 is 1.11 bits per heavy atom. The van der Waals surface area contributed by atoms with E-state index in [0.29, 0.717) is 43.8 Å². The first kappa shape index (κ1) is 18.2. The van der Waals surface area contributed by atoms with E-state index in [2.05, 4.69) is 10.1 Å². The summed E-state index contributed by atoms with van der Waals surface area (Å²) in [6.07, 6.45) is 0. The smallest absolute Gasteiger partial charge is 0.260 e. The molecule has 0 radical (unpaired) electrons. The van der Waals surface area contributed by atoms with E-state index in [1.165, 1.54) is 5.56 Å². The van der Waals surface area contributed by atoms with Crippen molar-refractivity contribution < 1.29 is 18.8 Å². The van der Waals surface area contributed by atoms with E-state index in [4.69, 9.17) is 14.0 Å². The van der Waals surface area contributed by atoms with E-state index in [1.54, 1.807) is 17.0 Å². The first-order valence-electron chi connectivity index (χ1n) is 9.18. The Balaban J connectivity index is 1.43. The van der Waals surface area contributed by atoms with Gasteiger partial charge < -0.3 is 18.9 Å². The van der Waals surface area contributed by atoms with Crippen molar-refractivity contribution in [3.8, 4) is 28.6 Å². The number of morpholine rings is 1. The highest BCUT2D eigenvalue weighted by molar-refractivity contribution is 5.78. The molecule has 2 aromatic carbocycles. The number of carbonyl (C=O) groups excluding carboxylic acids is 1. The third-order valence-corrected chi connectivity index (χ3v) is 4.54. The van der Waals surface area contributed by atoms with Gasteiger partial charge in [-0.15, -0.1) is 0 Å². The largest absolute Gasteiger partial charge is 0.484 e. The molecule has 144 valence electrons. The Morgan fingerprint density at radius 3 is 2.68 bits per heavy atom. The van der Waals surface area contributed by atoms with Crippen LogP contribution in [0.15, 0.2) is 53.1 Å². The van der Waals surface area contributed by atoms with Gasteiger partial charge in [0.1, 0.15) is 5.75 Å². The van der Waals surface area contributed by atoms with Crippen LogP contribution in [0.25, 0.3) is 22.8 Å². The van der Waals surface area contributed by atoms with Crippen molar-refractivity contribution in [2.75, 3.05) is 32.9 Å². The fourth-order valence-corrected chi connectivity index (χ4v) is 2.93. The summed E-state index contributed by atoms with van der Waals surface area (Å²) in [5.41, 5.74) is 2.80. The quantitative estimate of drug-likeness (QED) is 0.678. The van der Waals surface area contributed by atoms with Crippen LogP contribution in [0.2, 0.25) is 0 Å². The fraction of sp³-hybridized carbons (Fsp3) is 0.286. The summed E-state index contributed by atoms with van der Waals surface area (Å²) in [7, 11) is 0. The Bertz CT molecular complexity index is 946. The summed E-state index contributed by atoms with van der Waals surface area (Å²) in [5.74, 6) is 1.47. The van der Waals surface area contributed by atoms with E-state index in [9.17, 15) is 4.79 Å². The van der Waals surface area contributed by atoms with Crippen molar-refractivity contribution in [2.24, 2.45) is 0 Å². The van der Waals surface area contributed by atoms with Crippen molar-refractivity contribution in [3.63, 3.8) is 0 Å². The minimum absolute atomic E-state index is 0.00961. The lowest BCUT2D eigenvalue weighted by molar-refractivity contribution is -0.137. The molecule has 4 rings (SSSR count). The van der Waals surface area contributed by atoms with Gasteiger partial charge in [0.2, 0.25) is 5.82 Å². The first-order chi connectivity index (χ1) is 13.7. The summed E-state index contributed by atoms with van der Waals surface area (Å²) >= 11 is 0. The van der Waals surface area contributed by atoms with Gasteiger partial charge in [0.15, 0.2) is 6.61 Å². The molecule has 7 heteroatoms. The van der Waals surface area contributed by atoms with Gasteiger partial charge in [-0.2, -0.15) is 4.98 Å². The van der Waals surface area contributed by atoms with Gasteiger partial charge in [-0.1, -0.05) is 35.0 Å². The lowest BCUT2D eigenvalue weighted by Crippen LogP contribution is -2.42. The molecule has 2 heterocycles. The molecule has 1 amide bonds. The first-order valence-corrected chi connectivity index (χ1v) is 9.18. The summed E-state index contributed by atoms with van der Waals surface area (Å²) in [4.78, 5) is 18.4. The molecule has 0 unspecified atom stereocenters. The molecule has 1 aromatic heterocycles. The zero-order valence-corrected chi connectivity index (χ0v) is 15.6. The Kier molecular flexibility index (Phi) is 5.34. The van der Waals surface area contributed by atoms with Gasteiger partial charge in [-0.3, -0.25) is 4.79 Å². The molecular formula is C21H21N3O4. The Morgan fingerprint density at radius 2 is 1.89 bits per heavy atom. The average molecular weight is 379 g/mol. The van der Waals surface area contributed by atoms with Gasteiger partial charge >= 0.3 is 0 Å². The second-order valence-electron chi connectivity index (χ2n) is 6.60. The van der Waals surface area contributed by atoms with Crippen molar-refractivity contribution >= 4 is 5.91 Å². The number of benzene rings is 2. The van der Waals surface area contributed by atoms with Crippen molar-refractivity contribution in [2.45, 2.75) is 6.92 Å². The van der Waals surface area contributed by atoms with Crippen LogP contribution in [0.5, 0.6) is 5.75 Å². The lowest BCUT2D eigenvalue weighted by Gasteiger charge is -2.26. The summed E-state index contributed by atoms with van der Waals surface area (Å²) in [5, 5.41) is 4.06. The van der Waals surface area contributed by atoms with Crippen LogP contribution in [-0.4, -0.2) is 53.9 Å². The second-order valence-corrected chi connectivity index (χ2v) is 6.60. The molecule has 0 saturated carbocycles. The maximum absolute atomic E-state index is 12.2. The highest BCUT2D eigenvalue weighted by Crippen LogP contribution is 2.25. The predicted octanol–water partition coefficient (Wildman–Crippen LogP) is 2.95. The number of rotatable bonds is 5. The van der Waals surface area contributed by atoms with E-state index in [-0.39, 0.29) is 12.5 Å². The molecule has 28 heavy (non-hydrogen) atoms.